The second-order valence-corrected chi connectivity index (χ2v) is 6.74. The Morgan fingerprint density at radius 1 is 1.07 bits per heavy atom. The highest BCUT2D eigenvalue weighted by molar-refractivity contribution is 6.30. The summed E-state index contributed by atoms with van der Waals surface area (Å²) < 4.78 is 4.67. The number of piperazine rings is 1. The molecule has 1 aliphatic heterocycles. The number of ether oxygens (including phenoxy) is 1. The van der Waals surface area contributed by atoms with Crippen LogP contribution in [0.4, 0.5) is 10.5 Å². The van der Waals surface area contributed by atoms with Crippen LogP contribution in [0.25, 0.3) is 0 Å². The number of amides is 2. The van der Waals surface area contributed by atoms with Crippen LogP contribution in [-0.2, 0) is 11.3 Å². The summed E-state index contributed by atoms with van der Waals surface area (Å²) in [6.07, 6.45) is 0. The van der Waals surface area contributed by atoms with Gasteiger partial charge >= 0.3 is 12.0 Å². The number of benzene rings is 2. The molecular weight excluding hydrogens is 366 g/mol. The average Bonchev–Trinajstić information content (AvgIpc) is 2.72. The van der Waals surface area contributed by atoms with Crippen LogP contribution in [0.1, 0.15) is 15.9 Å². The van der Waals surface area contributed by atoms with Crippen molar-refractivity contribution in [2.75, 3.05) is 38.2 Å². The number of nitrogens with one attached hydrogen (secondary N) is 1. The van der Waals surface area contributed by atoms with Gasteiger partial charge in [0.25, 0.3) is 0 Å². The van der Waals surface area contributed by atoms with E-state index >= 15 is 0 Å². The Labute approximate surface area is 163 Å². The van der Waals surface area contributed by atoms with E-state index in [0.717, 1.165) is 24.3 Å². The van der Waals surface area contributed by atoms with Crippen molar-refractivity contribution >= 4 is 29.3 Å². The van der Waals surface area contributed by atoms with Crippen molar-refractivity contribution in [1.29, 1.82) is 0 Å². The number of hydrogen-bond acceptors (Lipinski definition) is 4. The van der Waals surface area contributed by atoms with Crippen molar-refractivity contribution in [3.8, 4) is 0 Å². The number of hydrogen-bond donors (Lipinski definition) is 1. The van der Waals surface area contributed by atoms with Gasteiger partial charge in [-0.2, -0.15) is 0 Å². The lowest BCUT2D eigenvalue weighted by Gasteiger charge is -2.36. The van der Waals surface area contributed by atoms with E-state index in [1.165, 1.54) is 7.11 Å². The first-order valence-electron chi connectivity index (χ1n) is 8.77. The molecule has 1 heterocycles. The number of nitrogens with zero attached hydrogens (tertiary/aromatic N) is 2. The number of urea groups is 1. The third kappa shape index (κ3) is 4.92. The normalized spacial score (nSPS) is 14.0. The van der Waals surface area contributed by atoms with Gasteiger partial charge in [0.15, 0.2) is 0 Å². The summed E-state index contributed by atoms with van der Waals surface area (Å²) in [5.74, 6) is -0.372. The van der Waals surface area contributed by atoms with Gasteiger partial charge in [-0.15, -0.1) is 0 Å². The number of methoxy groups -OCH3 is 1. The summed E-state index contributed by atoms with van der Waals surface area (Å²) in [5, 5.41) is 3.64. The zero-order chi connectivity index (χ0) is 19.2. The first-order chi connectivity index (χ1) is 13.1. The molecule has 0 atom stereocenters. The standard InChI is InChI=1S/C20H22ClN3O3/c1-27-19(25)16-7-5-15(6-8-16)14-22-20(26)24-11-9-23(10-12-24)18-4-2-3-17(21)13-18/h2-8,13H,9-12,14H2,1H3,(H,22,26). The van der Waals surface area contributed by atoms with Crippen LogP contribution in [0.5, 0.6) is 0 Å². The lowest BCUT2D eigenvalue weighted by atomic mass is 10.1. The summed E-state index contributed by atoms with van der Waals surface area (Å²) in [5.41, 5.74) is 2.49. The molecule has 0 spiro atoms. The maximum absolute atomic E-state index is 12.4. The maximum atomic E-state index is 12.4. The minimum absolute atomic E-state index is 0.0854. The quantitative estimate of drug-likeness (QED) is 0.818. The van der Waals surface area contributed by atoms with E-state index in [1.807, 2.05) is 41.3 Å². The van der Waals surface area contributed by atoms with Crippen LogP contribution in [0.2, 0.25) is 5.02 Å². The summed E-state index contributed by atoms with van der Waals surface area (Å²) in [6, 6.07) is 14.7. The largest absolute Gasteiger partial charge is 0.465 e. The van der Waals surface area contributed by atoms with Gasteiger partial charge < -0.3 is 19.9 Å². The minimum atomic E-state index is -0.372. The highest BCUT2D eigenvalue weighted by Gasteiger charge is 2.21. The first-order valence-corrected chi connectivity index (χ1v) is 9.15. The average molecular weight is 388 g/mol. The van der Waals surface area contributed by atoms with E-state index in [9.17, 15) is 9.59 Å². The zero-order valence-corrected chi connectivity index (χ0v) is 15.9. The fraction of sp³-hybridized carbons (Fsp3) is 0.300. The molecule has 2 aromatic carbocycles. The SMILES string of the molecule is COC(=O)c1ccc(CNC(=O)N2CCN(c3cccc(Cl)c3)CC2)cc1. The van der Waals surface area contributed by atoms with Crippen LogP contribution in [0, 0.1) is 0 Å². The number of halogens is 1. The van der Waals surface area contributed by atoms with Crippen LogP contribution in [0.15, 0.2) is 48.5 Å². The molecule has 0 bridgehead atoms. The predicted molar refractivity (Wildman–Crippen MR) is 105 cm³/mol. The van der Waals surface area contributed by atoms with Gasteiger partial charge in [0.05, 0.1) is 12.7 Å². The van der Waals surface area contributed by atoms with Gasteiger partial charge in [0, 0.05) is 43.4 Å². The summed E-state index contributed by atoms with van der Waals surface area (Å²) >= 11 is 6.05. The molecule has 0 saturated carbocycles. The van der Waals surface area contributed by atoms with Crippen molar-refractivity contribution in [2.24, 2.45) is 0 Å². The summed E-state index contributed by atoms with van der Waals surface area (Å²) in [7, 11) is 1.35. The topological polar surface area (TPSA) is 61.9 Å². The highest BCUT2D eigenvalue weighted by Crippen LogP contribution is 2.20. The lowest BCUT2D eigenvalue weighted by Crippen LogP contribution is -2.51. The van der Waals surface area contributed by atoms with Crippen molar-refractivity contribution in [2.45, 2.75) is 6.54 Å². The Morgan fingerprint density at radius 3 is 2.41 bits per heavy atom. The van der Waals surface area contributed by atoms with Gasteiger partial charge in [0.1, 0.15) is 0 Å². The molecule has 3 rings (SSSR count). The Kier molecular flexibility index (Phi) is 6.19. The molecule has 1 fully saturated rings. The van der Waals surface area contributed by atoms with Gasteiger partial charge in [-0.05, 0) is 35.9 Å². The van der Waals surface area contributed by atoms with Gasteiger partial charge in [-0.3, -0.25) is 0 Å². The Hall–Kier alpha value is -2.73. The molecule has 0 aromatic heterocycles. The maximum Gasteiger partial charge on any atom is 0.337 e. The molecule has 1 saturated heterocycles. The fourth-order valence-electron chi connectivity index (χ4n) is 3.01. The minimum Gasteiger partial charge on any atom is -0.465 e. The zero-order valence-electron chi connectivity index (χ0n) is 15.2. The van der Waals surface area contributed by atoms with Crippen molar-refractivity contribution < 1.29 is 14.3 Å². The van der Waals surface area contributed by atoms with Gasteiger partial charge in [0.2, 0.25) is 0 Å². The number of anilines is 1. The van der Waals surface area contributed by atoms with Crippen LogP contribution in [0.3, 0.4) is 0 Å². The molecule has 27 heavy (non-hydrogen) atoms. The smallest absolute Gasteiger partial charge is 0.337 e. The molecule has 0 radical (unpaired) electrons. The summed E-state index contributed by atoms with van der Waals surface area (Å²) in [6.45, 7) is 3.25. The van der Waals surface area contributed by atoms with E-state index in [0.29, 0.717) is 30.2 Å². The highest BCUT2D eigenvalue weighted by atomic mass is 35.5. The third-order valence-electron chi connectivity index (χ3n) is 4.56. The number of carbonyl (C=O) groups excluding carboxylic acids is 2. The molecule has 1 aliphatic rings. The van der Waals surface area contributed by atoms with Crippen LogP contribution in [-0.4, -0.2) is 50.2 Å². The third-order valence-corrected chi connectivity index (χ3v) is 4.79. The molecule has 2 aromatic rings. The molecule has 6 nitrogen and oxygen atoms in total. The van der Waals surface area contributed by atoms with Crippen molar-refractivity contribution in [1.82, 2.24) is 10.2 Å². The van der Waals surface area contributed by atoms with E-state index in [4.69, 9.17) is 11.6 Å². The Balaban J connectivity index is 1.47. The molecular formula is C20H22ClN3O3. The fourth-order valence-corrected chi connectivity index (χ4v) is 3.19. The van der Waals surface area contributed by atoms with Crippen molar-refractivity contribution in [3.05, 3.63) is 64.7 Å². The monoisotopic (exact) mass is 387 g/mol. The molecule has 1 N–H and O–H groups in total. The Morgan fingerprint density at radius 2 is 1.78 bits per heavy atom. The van der Waals surface area contributed by atoms with E-state index < -0.39 is 0 Å². The van der Waals surface area contributed by atoms with E-state index in [-0.39, 0.29) is 12.0 Å². The number of esters is 1. The molecule has 2 amide bonds. The van der Waals surface area contributed by atoms with E-state index in [2.05, 4.69) is 15.0 Å². The lowest BCUT2D eigenvalue weighted by molar-refractivity contribution is 0.0600. The second kappa shape index (κ2) is 8.77. The number of carbonyl (C=O) groups is 2. The Bertz CT molecular complexity index is 802. The van der Waals surface area contributed by atoms with E-state index in [1.54, 1.807) is 12.1 Å². The van der Waals surface area contributed by atoms with Crippen LogP contribution >= 0.6 is 11.6 Å². The van der Waals surface area contributed by atoms with Crippen molar-refractivity contribution in [3.63, 3.8) is 0 Å². The molecule has 142 valence electrons. The molecule has 7 heteroatoms. The van der Waals surface area contributed by atoms with Crippen LogP contribution < -0.4 is 10.2 Å². The van der Waals surface area contributed by atoms with Gasteiger partial charge in [-0.1, -0.05) is 29.8 Å². The predicted octanol–water partition coefficient (Wildman–Crippen LogP) is 3.16. The molecule has 0 aliphatic carbocycles. The first kappa shape index (κ1) is 19.0. The summed E-state index contributed by atoms with van der Waals surface area (Å²) in [4.78, 5) is 27.9. The second-order valence-electron chi connectivity index (χ2n) is 6.30. The number of rotatable bonds is 4. The van der Waals surface area contributed by atoms with Gasteiger partial charge in [-0.25, -0.2) is 9.59 Å². The molecule has 0 unspecified atom stereocenters.